The van der Waals surface area contributed by atoms with Gasteiger partial charge in [-0.3, -0.25) is 9.20 Å². The quantitative estimate of drug-likeness (QED) is 0.593. The third-order valence-corrected chi connectivity index (χ3v) is 1.75. The van der Waals surface area contributed by atoms with Gasteiger partial charge in [0, 0.05) is 13.1 Å². The molecule has 0 N–H and O–H groups in total. The lowest BCUT2D eigenvalue weighted by Crippen LogP contribution is -1.99. The Balaban J connectivity index is 2.79. The normalized spacial score (nSPS) is 10.4. The van der Waals surface area contributed by atoms with Crippen LogP contribution in [0, 0.1) is 0 Å². The lowest BCUT2D eigenvalue weighted by molar-refractivity contribution is 0.100. The van der Waals surface area contributed by atoms with E-state index in [1.165, 1.54) is 6.92 Å². The Kier molecular flexibility index (Phi) is 1.43. The molecular formula is C9H8N2O. The maximum absolute atomic E-state index is 11.0. The van der Waals surface area contributed by atoms with Gasteiger partial charge in [-0.2, -0.15) is 0 Å². The molecule has 0 aromatic carbocycles. The zero-order valence-corrected chi connectivity index (χ0v) is 6.69. The summed E-state index contributed by atoms with van der Waals surface area (Å²) in [5, 5.41) is 0. The molecule has 0 saturated heterocycles. The van der Waals surface area contributed by atoms with Gasteiger partial charge >= 0.3 is 0 Å². The molecule has 0 fully saturated rings. The van der Waals surface area contributed by atoms with Crippen LogP contribution in [0.3, 0.4) is 0 Å². The molecule has 0 aliphatic carbocycles. The summed E-state index contributed by atoms with van der Waals surface area (Å²) in [5.74, 6) is 0.479. The number of Topliss-reactive ketones (excluding diaryl/α,β-unsaturated/α-hetero) is 1. The Hall–Kier alpha value is -1.64. The maximum atomic E-state index is 11.0. The largest absolute Gasteiger partial charge is 0.297 e. The van der Waals surface area contributed by atoms with Gasteiger partial charge in [0.15, 0.2) is 11.6 Å². The fourth-order valence-corrected chi connectivity index (χ4v) is 1.20. The van der Waals surface area contributed by atoms with Crippen LogP contribution >= 0.6 is 0 Å². The third kappa shape index (κ3) is 0.906. The van der Waals surface area contributed by atoms with Crippen LogP contribution in [0.2, 0.25) is 0 Å². The molecule has 0 aliphatic heterocycles. The van der Waals surface area contributed by atoms with E-state index in [0.29, 0.717) is 5.82 Å². The second-order valence-electron chi connectivity index (χ2n) is 2.63. The lowest BCUT2D eigenvalue weighted by atomic mass is 10.4. The molecule has 60 valence electrons. The first-order valence-electron chi connectivity index (χ1n) is 3.72. The van der Waals surface area contributed by atoms with Crippen molar-refractivity contribution in [3.8, 4) is 0 Å². The summed E-state index contributed by atoms with van der Waals surface area (Å²) in [6.45, 7) is 1.52. The van der Waals surface area contributed by atoms with Crippen molar-refractivity contribution in [3.63, 3.8) is 0 Å². The van der Waals surface area contributed by atoms with Gasteiger partial charge in [-0.05, 0) is 12.1 Å². The number of imidazole rings is 1. The van der Waals surface area contributed by atoms with E-state index in [4.69, 9.17) is 0 Å². The Labute approximate surface area is 69.7 Å². The lowest BCUT2D eigenvalue weighted by Gasteiger charge is -1.94. The molecule has 2 aromatic heterocycles. The Morgan fingerprint density at radius 1 is 1.50 bits per heavy atom. The zero-order chi connectivity index (χ0) is 8.55. The topological polar surface area (TPSA) is 34.4 Å². The van der Waals surface area contributed by atoms with E-state index in [9.17, 15) is 4.79 Å². The molecule has 0 atom stereocenters. The molecule has 0 unspecified atom stereocenters. The summed E-state index contributed by atoms with van der Waals surface area (Å²) in [7, 11) is 0. The Morgan fingerprint density at radius 2 is 2.33 bits per heavy atom. The molecule has 0 bridgehead atoms. The first kappa shape index (κ1) is 7.03. The van der Waals surface area contributed by atoms with Crippen LogP contribution in [0.1, 0.15) is 17.5 Å². The van der Waals surface area contributed by atoms with Crippen LogP contribution in [-0.2, 0) is 0 Å². The average Bonchev–Trinajstić information content (AvgIpc) is 2.47. The predicted octanol–water partition coefficient (Wildman–Crippen LogP) is 1.54. The van der Waals surface area contributed by atoms with Gasteiger partial charge in [-0.15, -0.1) is 0 Å². The number of fused-ring (bicyclic) bond motifs is 1. The van der Waals surface area contributed by atoms with E-state index < -0.39 is 0 Å². The van der Waals surface area contributed by atoms with Crippen molar-refractivity contribution in [2.24, 2.45) is 0 Å². The summed E-state index contributed by atoms with van der Waals surface area (Å²) < 4.78 is 1.78. The molecule has 3 nitrogen and oxygen atoms in total. The average molecular weight is 160 g/mol. The van der Waals surface area contributed by atoms with E-state index in [2.05, 4.69) is 4.98 Å². The first-order valence-corrected chi connectivity index (χ1v) is 3.72. The van der Waals surface area contributed by atoms with E-state index >= 15 is 0 Å². The molecule has 12 heavy (non-hydrogen) atoms. The van der Waals surface area contributed by atoms with E-state index in [1.54, 1.807) is 10.6 Å². The molecule has 0 aliphatic rings. The minimum atomic E-state index is -0.0128. The highest BCUT2D eigenvalue weighted by molar-refractivity contribution is 5.91. The SMILES string of the molecule is CC(=O)c1ncc2ccccn12. The van der Waals surface area contributed by atoms with Gasteiger partial charge in [0.05, 0.1) is 11.7 Å². The third-order valence-electron chi connectivity index (χ3n) is 1.75. The van der Waals surface area contributed by atoms with Gasteiger partial charge in [-0.25, -0.2) is 4.98 Å². The summed E-state index contributed by atoms with van der Waals surface area (Å²) in [6.07, 6.45) is 3.52. The number of nitrogens with zero attached hydrogens (tertiary/aromatic N) is 2. The highest BCUT2D eigenvalue weighted by Crippen LogP contribution is 2.05. The standard InChI is InChI=1S/C9H8N2O/c1-7(12)9-10-6-8-4-2-3-5-11(8)9/h2-6H,1H3. The molecule has 3 heteroatoms. The van der Waals surface area contributed by atoms with Crippen molar-refractivity contribution in [2.45, 2.75) is 6.92 Å². The predicted molar refractivity (Wildman–Crippen MR) is 45.2 cm³/mol. The minimum Gasteiger partial charge on any atom is -0.297 e. The van der Waals surface area contributed by atoms with Crippen LogP contribution in [0.25, 0.3) is 5.52 Å². The maximum Gasteiger partial charge on any atom is 0.195 e. The van der Waals surface area contributed by atoms with Crippen LogP contribution in [-0.4, -0.2) is 15.2 Å². The van der Waals surface area contributed by atoms with Crippen molar-refractivity contribution in [1.29, 1.82) is 0 Å². The first-order chi connectivity index (χ1) is 5.79. The fraction of sp³-hybridized carbons (Fsp3) is 0.111. The second-order valence-corrected chi connectivity index (χ2v) is 2.63. The molecule has 0 radical (unpaired) electrons. The second kappa shape index (κ2) is 2.44. The van der Waals surface area contributed by atoms with Gasteiger partial charge in [-0.1, -0.05) is 6.07 Å². The number of hydrogen-bond acceptors (Lipinski definition) is 2. The van der Waals surface area contributed by atoms with Gasteiger partial charge in [0.2, 0.25) is 0 Å². The van der Waals surface area contributed by atoms with Crippen LogP contribution in [0.15, 0.2) is 30.6 Å². The van der Waals surface area contributed by atoms with Gasteiger partial charge in [0.25, 0.3) is 0 Å². The van der Waals surface area contributed by atoms with Crippen LogP contribution in [0.4, 0.5) is 0 Å². The van der Waals surface area contributed by atoms with Crippen molar-refractivity contribution in [2.75, 3.05) is 0 Å². The number of carbonyl (C=O) groups is 1. The monoisotopic (exact) mass is 160 g/mol. The van der Waals surface area contributed by atoms with Crippen LogP contribution in [0.5, 0.6) is 0 Å². The molecule has 0 spiro atoms. The van der Waals surface area contributed by atoms with Crippen molar-refractivity contribution < 1.29 is 4.79 Å². The summed E-state index contributed by atoms with van der Waals surface area (Å²) in [4.78, 5) is 15.0. The highest BCUT2D eigenvalue weighted by Gasteiger charge is 2.05. The number of aromatic nitrogens is 2. The number of carbonyl (C=O) groups excluding carboxylic acids is 1. The fourth-order valence-electron chi connectivity index (χ4n) is 1.20. The van der Waals surface area contributed by atoms with Crippen molar-refractivity contribution in [1.82, 2.24) is 9.38 Å². The number of hydrogen-bond donors (Lipinski definition) is 0. The molecule has 2 aromatic rings. The Bertz CT molecular complexity index is 431. The van der Waals surface area contributed by atoms with E-state index in [1.807, 2.05) is 24.4 Å². The van der Waals surface area contributed by atoms with Crippen molar-refractivity contribution >= 4 is 11.3 Å². The Morgan fingerprint density at radius 3 is 3.08 bits per heavy atom. The summed E-state index contributed by atoms with van der Waals surface area (Å²) >= 11 is 0. The van der Waals surface area contributed by atoms with Crippen molar-refractivity contribution in [3.05, 3.63) is 36.4 Å². The minimum absolute atomic E-state index is 0.0128. The summed E-state index contributed by atoms with van der Waals surface area (Å²) in [5.41, 5.74) is 0.947. The summed E-state index contributed by atoms with van der Waals surface area (Å²) in [6, 6.07) is 5.71. The zero-order valence-electron chi connectivity index (χ0n) is 6.69. The molecular weight excluding hydrogens is 152 g/mol. The molecule has 0 saturated carbocycles. The highest BCUT2D eigenvalue weighted by atomic mass is 16.1. The number of rotatable bonds is 1. The molecule has 0 amide bonds. The molecule has 2 heterocycles. The number of pyridine rings is 1. The van der Waals surface area contributed by atoms with Gasteiger partial charge < -0.3 is 0 Å². The number of ketones is 1. The van der Waals surface area contributed by atoms with E-state index in [-0.39, 0.29) is 5.78 Å². The van der Waals surface area contributed by atoms with E-state index in [0.717, 1.165) is 5.52 Å². The van der Waals surface area contributed by atoms with Crippen LogP contribution < -0.4 is 0 Å². The van der Waals surface area contributed by atoms with Gasteiger partial charge in [0.1, 0.15) is 0 Å². The molecule has 2 rings (SSSR count). The smallest absolute Gasteiger partial charge is 0.195 e.